The van der Waals surface area contributed by atoms with Gasteiger partial charge in [-0.2, -0.15) is 11.8 Å². The Balaban J connectivity index is 2.49. The van der Waals surface area contributed by atoms with Crippen molar-refractivity contribution in [2.24, 2.45) is 0 Å². The zero-order chi connectivity index (χ0) is 14.3. The molecule has 1 aromatic carbocycles. The van der Waals surface area contributed by atoms with Crippen LogP contribution < -0.4 is 10.2 Å². The van der Waals surface area contributed by atoms with Gasteiger partial charge in [0.25, 0.3) is 0 Å². The average Bonchev–Trinajstić information content (AvgIpc) is 2.42. The fourth-order valence-corrected chi connectivity index (χ4v) is 2.24. The van der Waals surface area contributed by atoms with Gasteiger partial charge in [0, 0.05) is 36.6 Å². The first kappa shape index (κ1) is 16.4. The molecule has 0 spiro atoms. The van der Waals surface area contributed by atoms with E-state index >= 15 is 0 Å². The molecule has 1 N–H and O–H groups in total. The van der Waals surface area contributed by atoms with E-state index < -0.39 is 0 Å². The van der Waals surface area contributed by atoms with Crippen LogP contribution in [0.15, 0.2) is 24.3 Å². The van der Waals surface area contributed by atoms with Gasteiger partial charge in [0.2, 0.25) is 0 Å². The number of hydrogen-bond acceptors (Lipinski definition) is 3. The van der Waals surface area contributed by atoms with Crippen LogP contribution in [0.2, 0.25) is 0 Å². The molecule has 19 heavy (non-hydrogen) atoms. The number of rotatable bonds is 8. The third kappa shape index (κ3) is 5.45. The van der Waals surface area contributed by atoms with Crippen LogP contribution in [0.3, 0.4) is 0 Å². The second-order valence-corrected chi connectivity index (χ2v) is 6.92. The maximum absolute atomic E-state index is 3.54. The Bertz CT molecular complexity index is 356. The molecule has 2 nitrogen and oxygen atoms in total. The third-order valence-corrected chi connectivity index (χ3v) is 4.75. The van der Waals surface area contributed by atoms with Gasteiger partial charge in [-0.1, -0.05) is 12.1 Å². The Kier molecular flexibility index (Phi) is 6.73. The molecule has 1 rings (SSSR count). The summed E-state index contributed by atoms with van der Waals surface area (Å²) < 4.78 is 0.307. The molecule has 0 aliphatic rings. The SMILES string of the molecule is CCN(CC)c1ccc(CNCC(C)(C)SC)cc1. The first-order chi connectivity index (χ1) is 9.02. The largest absolute Gasteiger partial charge is 0.372 e. The predicted octanol–water partition coefficient (Wildman–Crippen LogP) is 3.76. The van der Waals surface area contributed by atoms with Crippen LogP contribution >= 0.6 is 11.8 Å². The Morgan fingerprint density at radius 1 is 1.11 bits per heavy atom. The van der Waals surface area contributed by atoms with Crippen LogP contribution in [0.4, 0.5) is 5.69 Å². The number of nitrogens with zero attached hydrogens (tertiary/aromatic N) is 1. The molecule has 0 saturated heterocycles. The summed E-state index contributed by atoms with van der Waals surface area (Å²) in [5.74, 6) is 0. The lowest BCUT2D eigenvalue weighted by atomic mass is 10.1. The van der Waals surface area contributed by atoms with Gasteiger partial charge in [-0.25, -0.2) is 0 Å². The Morgan fingerprint density at radius 2 is 1.68 bits per heavy atom. The van der Waals surface area contributed by atoms with Crippen molar-refractivity contribution in [1.82, 2.24) is 5.32 Å². The van der Waals surface area contributed by atoms with Gasteiger partial charge in [-0.15, -0.1) is 0 Å². The van der Waals surface area contributed by atoms with E-state index in [1.54, 1.807) is 0 Å². The van der Waals surface area contributed by atoms with Crippen LogP contribution in [0.1, 0.15) is 33.3 Å². The Morgan fingerprint density at radius 3 is 2.16 bits per heavy atom. The molecular weight excluding hydrogens is 252 g/mol. The van der Waals surface area contributed by atoms with Crippen molar-refractivity contribution >= 4 is 17.4 Å². The molecule has 0 atom stereocenters. The van der Waals surface area contributed by atoms with E-state index in [1.807, 2.05) is 11.8 Å². The van der Waals surface area contributed by atoms with Gasteiger partial charge in [-0.05, 0) is 51.6 Å². The topological polar surface area (TPSA) is 15.3 Å². The number of thioether (sulfide) groups is 1. The molecule has 108 valence electrons. The lowest BCUT2D eigenvalue weighted by molar-refractivity contribution is 0.591. The van der Waals surface area contributed by atoms with Crippen LogP contribution in [0.25, 0.3) is 0 Å². The highest BCUT2D eigenvalue weighted by Crippen LogP contribution is 2.20. The first-order valence-electron chi connectivity index (χ1n) is 7.12. The molecule has 0 aliphatic carbocycles. The summed E-state index contributed by atoms with van der Waals surface area (Å²) in [6.45, 7) is 13.1. The first-order valence-corrected chi connectivity index (χ1v) is 8.34. The normalized spacial score (nSPS) is 11.6. The molecule has 3 heteroatoms. The zero-order valence-corrected chi connectivity index (χ0v) is 13.8. The molecule has 0 radical (unpaired) electrons. The smallest absolute Gasteiger partial charge is 0.0366 e. The third-order valence-electron chi connectivity index (χ3n) is 3.50. The van der Waals surface area contributed by atoms with Crippen LogP contribution in [-0.4, -0.2) is 30.6 Å². The molecule has 0 aliphatic heterocycles. The minimum atomic E-state index is 0.307. The van der Waals surface area contributed by atoms with E-state index in [0.29, 0.717) is 4.75 Å². The van der Waals surface area contributed by atoms with Gasteiger partial charge >= 0.3 is 0 Å². The molecule has 0 fully saturated rings. The average molecular weight is 280 g/mol. The molecule has 0 bridgehead atoms. The maximum atomic E-state index is 3.54. The highest BCUT2D eigenvalue weighted by Gasteiger charge is 2.14. The molecule has 0 amide bonds. The molecule has 0 unspecified atom stereocenters. The number of hydrogen-bond donors (Lipinski definition) is 1. The molecule has 0 aromatic heterocycles. The minimum absolute atomic E-state index is 0.307. The second kappa shape index (κ2) is 7.81. The highest BCUT2D eigenvalue weighted by atomic mass is 32.2. The maximum Gasteiger partial charge on any atom is 0.0366 e. The summed E-state index contributed by atoms with van der Waals surface area (Å²) in [5.41, 5.74) is 2.67. The molecule has 0 saturated carbocycles. The Labute approximate surface area is 123 Å². The van der Waals surface area contributed by atoms with E-state index in [9.17, 15) is 0 Å². The van der Waals surface area contributed by atoms with Crippen molar-refractivity contribution in [3.05, 3.63) is 29.8 Å². The van der Waals surface area contributed by atoms with Crippen LogP contribution in [0.5, 0.6) is 0 Å². The predicted molar refractivity (Wildman–Crippen MR) is 89.3 cm³/mol. The summed E-state index contributed by atoms with van der Waals surface area (Å²) in [7, 11) is 0. The standard InChI is InChI=1S/C16H28N2S/c1-6-18(7-2)15-10-8-14(9-11-15)12-17-13-16(3,4)19-5/h8-11,17H,6-7,12-13H2,1-5H3. The van der Waals surface area contributed by atoms with Gasteiger partial charge in [-0.3, -0.25) is 0 Å². The fourth-order valence-electron chi connectivity index (χ4n) is 1.99. The van der Waals surface area contributed by atoms with Crippen molar-refractivity contribution in [3.63, 3.8) is 0 Å². The monoisotopic (exact) mass is 280 g/mol. The van der Waals surface area contributed by atoms with Crippen molar-refractivity contribution in [2.45, 2.75) is 39.0 Å². The molecular formula is C16H28N2S. The zero-order valence-electron chi connectivity index (χ0n) is 13.0. The summed E-state index contributed by atoms with van der Waals surface area (Å²) in [5, 5.41) is 3.54. The lowest BCUT2D eigenvalue weighted by Crippen LogP contribution is -2.31. The van der Waals surface area contributed by atoms with Crippen LogP contribution in [-0.2, 0) is 6.54 Å². The number of benzene rings is 1. The fraction of sp³-hybridized carbons (Fsp3) is 0.625. The van der Waals surface area contributed by atoms with Crippen molar-refractivity contribution in [3.8, 4) is 0 Å². The molecule has 1 aromatic rings. The van der Waals surface area contributed by atoms with E-state index in [1.165, 1.54) is 11.3 Å². The van der Waals surface area contributed by atoms with Gasteiger partial charge in [0.05, 0.1) is 0 Å². The van der Waals surface area contributed by atoms with E-state index in [-0.39, 0.29) is 0 Å². The van der Waals surface area contributed by atoms with E-state index in [0.717, 1.165) is 26.2 Å². The second-order valence-electron chi connectivity index (χ2n) is 5.41. The number of anilines is 1. The quantitative estimate of drug-likeness (QED) is 0.780. The van der Waals surface area contributed by atoms with Crippen LogP contribution in [0, 0.1) is 0 Å². The summed E-state index contributed by atoms with van der Waals surface area (Å²) >= 11 is 1.91. The van der Waals surface area contributed by atoms with Crippen molar-refractivity contribution < 1.29 is 0 Å². The summed E-state index contributed by atoms with van der Waals surface area (Å²) in [6.07, 6.45) is 2.17. The molecule has 0 heterocycles. The minimum Gasteiger partial charge on any atom is -0.372 e. The van der Waals surface area contributed by atoms with E-state index in [4.69, 9.17) is 0 Å². The van der Waals surface area contributed by atoms with Gasteiger partial charge in [0.1, 0.15) is 0 Å². The van der Waals surface area contributed by atoms with Gasteiger partial charge < -0.3 is 10.2 Å². The number of nitrogens with one attached hydrogen (secondary N) is 1. The Hall–Kier alpha value is -0.670. The highest BCUT2D eigenvalue weighted by molar-refractivity contribution is 7.99. The summed E-state index contributed by atoms with van der Waals surface area (Å²) in [6, 6.07) is 8.91. The van der Waals surface area contributed by atoms with E-state index in [2.05, 4.69) is 68.4 Å². The van der Waals surface area contributed by atoms with Crippen molar-refractivity contribution in [2.75, 3.05) is 30.8 Å². The van der Waals surface area contributed by atoms with Crippen molar-refractivity contribution in [1.29, 1.82) is 0 Å². The lowest BCUT2D eigenvalue weighted by Gasteiger charge is -2.23. The van der Waals surface area contributed by atoms with Gasteiger partial charge in [0.15, 0.2) is 0 Å². The summed E-state index contributed by atoms with van der Waals surface area (Å²) in [4.78, 5) is 2.37.